The maximum atomic E-state index is 13.0. The zero-order valence-corrected chi connectivity index (χ0v) is 16.6. The van der Waals surface area contributed by atoms with Crippen LogP contribution in [0.15, 0.2) is 60.7 Å². The first kappa shape index (κ1) is 20.4. The minimum atomic E-state index is -0.882. The van der Waals surface area contributed by atoms with E-state index in [1.807, 2.05) is 60.7 Å². The second-order valence-corrected chi connectivity index (χ2v) is 7.60. The Morgan fingerprint density at radius 1 is 0.933 bits per heavy atom. The summed E-state index contributed by atoms with van der Waals surface area (Å²) in [7, 11) is 0. The molecule has 0 spiro atoms. The lowest BCUT2D eigenvalue weighted by molar-refractivity contribution is -0.176. The smallest absolute Gasteiger partial charge is 0.410 e. The summed E-state index contributed by atoms with van der Waals surface area (Å²) in [4.78, 5) is 27.1. The third-order valence-corrected chi connectivity index (χ3v) is 5.58. The van der Waals surface area contributed by atoms with Crippen molar-refractivity contribution in [1.82, 2.24) is 4.90 Å². The van der Waals surface area contributed by atoms with Gasteiger partial charge in [-0.25, -0.2) is 9.59 Å². The molecule has 2 fully saturated rings. The van der Waals surface area contributed by atoms with E-state index in [4.69, 9.17) is 14.2 Å². The van der Waals surface area contributed by atoms with Crippen molar-refractivity contribution in [3.63, 3.8) is 0 Å². The minimum absolute atomic E-state index is 0.112. The molecule has 7 nitrogen and oxygen atoms in total. The standard InChI is InChI=1S/C23H25NO6/c25-20-12-11-18-19(30-20)13-24(23(27)29-15-17-9-5-2-6-10-17)21(18)22(26)28-14-16-7-3-1-4-8-16/h1-10,18-21,25H,11-15H2/t18-,19-,20?,21-/m0/s1. The Balaban J connectivity index is 1.45. The molecule has 0 aromatic heterocycles. The first-order valence-electron chi connectivity index (χ1n) is 10.1. The Morgan fingerprint density at radius 3 is 2.17 bits per heavy atom. The fourth-order valence-electron chi connectivity index (χ4n) is 4.08. The number of nitrogens with zero attached hydrogens (tertiary/aromatic N) is 1. The molecular formula is C23H25NO6. The predicted molar refractivity (Wildman–Crippen MR) is 107 cm³/mol. The van der Waals surface area contributed by atoms with Crippen LogP contribution in [-0.2, 0) is 32.2 Å². The van der Waals surface area contributed by atoms with Crippen LogP contribution in [0, 0.1) is 5.92 Å². The molecule has 2 aromatic carbocycles. The molecule has 7 heteroatoms. The van der Waals surface area contributed by atoms with Crippen molar-refractivity contribution in [2.45, 2.75) is 44.5 Å². The van der Waals surface area contributed by atoms with Gasteiger partial charge in [0.05, 0.1) is 12.6 Å². The van der Waals surface area contributed by atoms with Crippen LogP contribution in [0.2, 0.25) is 0 Å². The average Bonchev–Trinajstić information content (AvgIpc) is 3.16. The van der Waals surface area contributed by atoms with Crippen LogP contribution in [0.5, 0.6) is 0 Å². The Bertz CT molecular complexity index is 859. The van der Waals surface area contributed by atoms with Gasteiger partial charge in [-0.15, -0.1) is 0 Å². The van der Waals surface area contributed by atoms with E-state index in [0.29, 0.717) is 12.8 Å². The van der Waals surface area contributed by atoms with Crippen molar-refractivity contribution in [1.29, 1.82) is 0 Å². The van der Waals surface area contributed by atoms with Gasteiger partial charge in [-0.05, 0) is 24.0 Å². The molecule has 2 saturated heterocycles. The fourth-order valence-corrected chi connectivity index (χ4v) is 4.08. The molecule has 4 rings (SSSR count). The van der Waals surface area contributed by atoms with Gasteiger partial charge in [0.15, 0.2) is 6.29 Å². The van der Waals surface area contributed by atoms with Crippen LogP contribution < -0.4 is 0 Å². The van der Waals surface area contributed by atoms with Crippen LogP contribution in [-0.4, -0.2) is 47.0 Å². The first-order valence-corrected chi connectivity index (χ1v) is 10.1. The molecular weight excluding hydrogens is 386 g/mol. The number of fused-ring (bicyclic) bond motifs is 1. The number of carbonyl (C=O) groups is 2. The summed E-state index contributed by atoms with van der Waals surface area (Å²) in [5.41, 5.74) is 1.73. The molecule has 2 aromatic rings. The zero-order chi connectivity index (χ0) is 20.9. The number of aliphatic hydroxyl groups is 1. The van der Waals surface area contributed by atoms with E-state index in [9.17, 15) is 14.7 Å². The fraction of sp³-hybridized carbons (Fsp3) is 0.391. The van der Waals surface area contributed by atoms with Crippen molar-refractivity contribution >= 4 is 12.1 Å². The highest BCUT2D eigenvalue weighted by Crippen LogP contribution is 2.37. The topological polar surface area (TPSA) is 85.3 Å². The Labute approximate surface area is 175 Å². The van der Waals surface area contributed by atoms with E-state index in [1.54, 1.807) is 0 Å². The van der Waals surface area contributed by atoms with Gasteiger partial charge in [0.25, 0.3) is 0 Å². The first-order chi connectivity index (χ1) is 14.6. The van der Waals surface area contributed by atoms with Gasteiger partial charge < -0.3 is 19.3 Å². The number of likely N-dealkylation sites (tertiary alicyclic amines) is 1. The number of carbonyl (C=O) groups excluding carboxylic acids is 2. The zero-order valence-electron chi connectivity index (χ0n) is 16.6. The van der Waals surface area contributed by atoms with E-state index in [2.05, 4.69) is 0 Å². The van der Waals surface area contributed by atoms with E-state index >= 15 is 0 Å². The quantitative estimate of drug-likeness (QED) is 0.762. The number of aliphatic hydroxyl groups excluding tert-OH is 1. The van der Waals surface area contributed by atoms with Crippen LogP contribution in [0.3, 0.4) is 0 Å². The van der Waals surface area contributed by atoms with Gasteiger partial charge in [0.1, 0.15) is 19.3 Å². The van der Waals surface area contributed by atoms with Crippen LogP contribution in [0.4, 0.5) is 4.79 Å². The van der Waals surface area contributed by atoms with Crippen LogP contribution >= 0.6 is 0 Å². The Morgan fingerprint density at radius 2 is 1.53 bits per heavy atom. The normalized spacial score (nSPS) is 25.4. The number of esters is 1. The van der Waals surface area contributed by atoms with Crippen LogP contribution in [0.1, 0.15) is 24.0 Å². The molecule has 0 saturated carbocycles. The van der Waals surface area contributed by atoms with Crippen LogP contribution in [0.25, 0.3) is 0 Å². The number of ether oxygens (including phenoxy) is 3. The van der Waals surface area contributed by atoms with Gasteiger partial charge in [0, 0.05) is 5.92 Å². The van der Waals surface area contributed by atoms with Crippen molar-refractivity contribution < 1.29 is 28.9 Å². The molecule has 0 bridgehead atoms. The van der Waals surface area contributed by atoms with E-state index in [0.717, 1.165) is 11.1 Å². The Kier molecular flexibility index (Phi) is 6.30. The minimum Gasteiger partial charge on any atom is -0.459 e. The van der Waals surface area contributed by atoms with Crippen molar-refractivity contribution in [2.24, 2.45) is 5.92 Å². The number of amides is 1. The highest BCUT2D eigenvalue weighted by Gasteiger charge is 2.52. The summed E-state index contributed by atoms with van der Waals surface area (Å²) in [6.45, 7) is 0.422. The molecule has 30 heavy (non-hydrogen) atoms. The predicted octanol–water partition coefficient (Wildman–Crippen LogP) is 2.86. The van der Waals surface area contributed by atoms with Gasteiger partial charge in [0.2, 0.25) is 0 Å². The summed E-state index contributed by atoms with van der Waals surface area (Å²) >= 11 is 0. The van der Waals surface area contributed by atoms with Gasteiger partial charge in [-0.2, -0.15) is 0 Å². The molecule has 0 radical (unpaired) electrons. The highest BCUT2D eigenvalue weighted by atomic mass is 16.6. The molecule has 4 atom stereocenters. The monoisotopic (exact) mass is 411 g/mol. The lowest BCUT2D eigenvalue weighted by Crippen LogP contribution is -2.45. The molecule has 1 N–H and O–H groups in total. The summed E-state index contributed by atoms with van der Waals surface area (Å²) in [5, 5.41) is 9.84. The molecule has 2 aliphatic rings. The Hall–Kier alpha value is -2.90. The van der Waals surface area contributed by atoms with Gasteiger partial charge in [-0.1, -0.05) is 60.7 Å². The van der Waals surface area contributed by atoms with Gasteiger partial charge >= 0.3 is 12.1 Å². The summed E-state index contributed by atoms with van der Waals surface area (Å²) in [6.07, 6.45) is -0.913. The third-order valence-electron chi connectivity index (χ3n) is 5.58. The summed E-state index contributed by atoms with van der Waals surface area (Å²) in [5.74, 6) is -0.719. The number of hydrogen-bond acceptors (Lipinski definition) is 6. The molecule has 158 valence electrons. The van der Waals surface area contributed by atoms with Crippen molar-refractivity contribution in [2.75, 3.05) is 6.54 Å². The summed E-state index contributed by atoms with van der Waals surface area (Å²) in [6, 6.07) is 17.9. The SMILES string of the molecule is O=C(OCc1ccccc1)[C@@H]1[C@H]2CCC(O)O[C@H]2CN1C(=O)OCc1ccccc1. The number of benzene rings is 2. The van der Waals surface area contributed by atoms with E-state index in [-0.39, 0.29) is 25.7 Å². The second kappa shape index (κ2) is 9.28. The largest absolute Gasteiger partial charge is 0.459 e. The number of hydrogen-bond donors (Lipinski definition) is 1. The number of rotatable bonds is 5. The van der Waals surface area contributed by atoms with E-state index in [1.165, 1.54) is 4.90 Å². The molecule has 0 aliphatic carbocycles. The summed E-state index contributed by atoms with van der Waals surface area (Å²) < 4.78 is 16.6. The molecule has 1 unspecified atom stereocenters. The average molecular weight is 411 g/mol. The van der Waals surface area contributed by atoms with E-state index < -0.39 is 30.5 Å². The second-order valence-electron chi connectivity index (χ2n) is 7.60. The molecule has 2 heterocycles. The van der Waals surface area contributed by atoms with Gasteiger partial charge in [-0.3, -0.25) is 4.90 Å². The maximum Gasteiger partial charge on any atom is 0.410 e. The van der Waals surface area contributed by atoms with Crippen molar-refractivity contribution in [3.05, 3.63) is 71.8 Å². The maximum absolute atomic E-state index is 13.0. The lowest BCUT2D eigenvalue weighted by Gasteiger charge is -2.30. The third kappa shape index (κ3) is 4.63. The molecule has 2 aliphatic heterocycles. The lowest BCUT2D eigenvalue weighted by atomic mass is 9.90. The molecule has 1 amide bonds. The van der Waals surface area contributed by atoms with Crippen molar-refractivity contribution in [3.8, 4) is 0 Å². The highest BCUT2D eigenvalue weighted by molar-refractivity contribution is 5.83.